The summed E-state index contributed by atoms with van der Waals surface area (Å²) in [6.45, 7) is 7.60. The maximum absolute atomic E-state index is 5.89. The molecule has 2 rings (SSSR count). The highest BCUT2D eigenvalue weighted by atomic mass is 16.4. The highest BCUT2D eigenvalue weighted by molar-refractivity contribution is 5.03. The molecule has 0 aliphatic heterocycles. The summed E-state index contributed by atoms with van der Waals surface area (Å²) in [6.07, 6.45) is 8.03. The number of nitrogens with one attached hydrogen (secondary N) is 1. The first kappa shape index (κ1) is 13.6. The van der Waals surface area contributed by atoms with Crippen molar-refractivity contribution in [3.05, 3.63) is 17.8 Å². The minimum atomic E-state index is 0.527. The molecule has 1 heterocycles. The van der Waals surface area contributed by atoms with Crippen molar-refractivity contribution in [3.63, 3.8) is 0 Å². The van der Waals surface area contributed by atoms with Gasteiger partial charge in [-0.1, -0.05) is 33.6 Å². The average Bonchev–Trinajstić information content (AvgIpc) is 2.78. The van der Waals surface area contributed by atoms with Crippen molar-refractivity contribution in [2.45, 2.75) is 64.8 Å². The van der Waals surface area contributed by atoms with Gasteiger partial charge in [-0.05, 0) is 18.8 Å². The van der Waals surface area contributed by atoms with E-state index in [-0.39, 0.29) is 0 Å². The maximum atomic E-state index is 5.89. The summed E-state index contributed by atoms with van der Waals surface area (Å²) < 4.78 is 5.89. The number of hydrogen-bond donors (Lipinski definition) is 1. The summed E-state index contributed by atoms with van der Waals surface area (Å²) in [4.78, 5) is 4.40. The number of hydrogen-bond acceptors (Lipinski definition) is 3. The van der Waals surface area contributed by atoms with Gasteiger partial charge in [-0.2, -0.15) is 0 Å². The first-order valence-corrected chi connectivity index (χ1v) is 7.33. The second-order valence-corrected chi connectivity index (χ2v) is 5.97. The molecule has 0 amide bonds. The van der Waals surface area contributed by atoms with Crippen LogP contribution in [0.5, 0.6) is 0 Å². The molecular weight excluding hydrogens is 224 g/mol. The molecule has 1 aromatic heterocycles. The first-order chi connectivity index (χ1) is 8.65. The number of oxazole rings is 1. The van der Waals surface area contributed by atoms with E-state index in [4.69, 9.17) is 4.42 Å². The summed E-state index contributed by atoms with van der Waals surface area (Å²) in [5.74, 6) is 3.50. The predicted molar refractivity (Wildman–Crippen MR) is 73.7 cm³/mol. The fourth-order valence-corrected chi connectivity index (χ4v) is 2.64. The van der Waals surface area contributed by atoms with Crippen molar-refractivity contribution in [2.75, 3.05) is 6.54 Å². The molecule has 0 radical (unpaired) electrons. The Morgan fingerprint density at radius 2 is 2.06 bits per heavy atom. The van der Waals surface area contributed by atoms with E-state index in [1.807, 2.05) is 6.20 Å². The van der Waals surface area contributed by atoms with E-state index in [9.17, 15) is 0 Å². The minimum absolute atomic E-state index is 0.527. The van der Waals surface area contributed by atoms with E-state index in [2.05, 4.69) is 31.1 Å². The Labute approximate surface area is 110 Å². The van der Waals surface area contributed by atoms with E-state index < -0.39 is 0 Å². The van der Waals surface area contributed by atoms with Crippen LogP contribution in [0, 0.1) is 5.92 Å². The van der Waals surface area contributed by atoms with Crippen LogP contribution in [0.25, 0.3) is 0 Å². The Morgan fingerprint density at radius 1 is 1.33 bits per heavy atom. The molecule has 0 saturated heterocycles. The van der Waals surface area contributed by atoms with Gasteiger partial charge in [0, 0.05) is 24.9 Å². The van der Waals surface area contributed by atoms with Crippen molar-refractivity contribution in [2.24, 2.45) is 5.92 Å². The van der Waals surface area contributed by atoms with Crippen LogP contribution in [0.4, 0.5) is 0 Å². The molecule has 1 aliphatic rings. The van der Waals surface area contributed by atoms with Gasteiger partial charge in [0.05, 0.1) is 6.20 Å². The molecule has 1 fully saturated rings. The van der Waals surface area contributed by atoms with E-state index >= 15 is 0 Å². The van der Waals surface area contributed by atoms with Crippen LogP contribution in [0.1, 0.15) is 64.0 Å². The van der Waals surface area contributed by atoms with Crippen molar-refractivity contribution in [1.82, 2.24) is 10.3 Å². The van der Waals surface area contributed by atoms with Crippen LogP contribution in [0.3, 0.4) is 0 Å². The standard InChI is InChI=1S/C15H26N2O/c1-11(2)16-9-8-15-17-10-14(18-15)13-6-4-12(3)5-7-13/h10-13,16H,4-9H2,1-3H3. The Kier molecular flexibility index (Phi) is 4.81. The van der Waals surface area contributed by atoms with Crippen LogP contribution in [0.2, 0.25) is 0 Å². The van der Waals surface area contributed by atoms with Gasteiger partial charge >= 0.3 is 0 Å². The van der Waals surface area contributed by atoms with Crippen molar-refractivity contribution < 1.29 is 4.42 Å². The largest absolute Gasteiger partial charge is 0.445 e. The molecule has 1 N–H and O–H groups in total. The van der Waals surface area contributed by atoms with Crippen LogP contribution in [-0.4, -0.2) is 17.6 Å². The monoisotopic (exact) mass is 250 g/mol. The fraction of sp³-hybridized carbons (Fsp3) is 0.800. The van der Waals surface area contributed by atoms with Gasteiger partial charge in [-0.15, -0.1) is 0 Å². The van der Waals surface area contributed by atoms with Gasteiger partial charge < -0.3 is 9.73 Å². The Balaban J connectivity index is 1.82. The van der Waals surface area contributed by atoms with E-state index in [1.165, 1.54) is 25.7 Å². The van der Waals surface area contributed by atoms with E-state index in [0.29, 0.717) is 12.0 Å². The summed E-state index contributed by atoms with van der Waals surface area (Å²) in [5, 5.41) is 3.39. The third kappa shape index (κ3) is 3.84. The number of rotatable bonds is 5. The highest BCUT2D eigenvalue weighted by Gasteiger charge is 2.22. The summed E-state index contributed by atoms with van der Waals surface area (Å²) in [6, 6.07) is 0.527. The molecule has 0 unspecified atom stereocenters. The first-order valence-electron chi connectivity index (χ1n) is 7.33. The molecular formula is C15H26N2O. The van der Waals surface area contributed by atoms with Gasteiger partial charge in [-0.25, -0.2) is 4.98 Å². The van der Waals surface area contributed by atoms with Gasteiger partial charge in [0.2, 0.25) is 0 Å². The molecule has 1 aliphatic carbocycles. The average molecular weight is 250 g/mol. The second kappa shape index (κ2) is 6.37. The van der Waals surface area contributed by atoms with Crippen LogP contribution < -0.4 is 5.32 Å². The fourth-order valence-electron chi connectivity index (χ4n) is 2.64. The smallest absolute Gasteiger partial charge is 0.195 e. The van der Waals surface area contributed by atoms with Gasteiger partial charge in [0.1, 0.15) is 5.76 Å². The summed E-state index contributed by atoms with van der Waals surface area (Å²) in [7, 11) is 0. The minimum Gasteiger partial charge on any atom is -0.445 e. The molecule has 1 aromatic rings. The zero-order valence-electron chi connectivity index (χ0n) is 11.9. The Bertz CT molecular complexity index is 351. The second-order valence-electron chi connectivity index (χ2n) is 5.97. The third-order valence-corrected chi connectivity index (χ3v) is 3.88. The lowest BCUT2D eigenvalue weighted by Crippen LogP contribution is -2.24. The summed E-state index contributed by atoms with van der Waals surface area (Å²) in [5.41, 5.74) is 0. The van der Waals surface area contributed by atoms with Crippen molar-refractivity contribution >= 4 is 0 Å². The van der Waals surface area contributed by atoms with Crippen LogP contribution in [-0.2, 0) is 6.42 Å². The van der Waals surface area contributed by atoms with Crippen LogP contribution in [0.15, 0.2) is 10.6 Å². The lowest BCUT2D eigenvalue weighted by molar-refractivity contribution is 0.308. The lowest BCUT2D eigenvalue weighted by atomic mass is 9.82. The quantitative estimate of drug-likeness (QED) is 0.869. The Hall–Kier alpha value is -0.830. The summed E-state index contributed by atoms with van der Waals surface area (Å²) >= 11 is 0. The van der Waals surface area contributed by atoms with Gasteiger partial charge in [0.25, 0.3) is 0 Å². The normalized spacial score (nSPS) is 24.7. The topological polar surface area (TPSA) is 38.1 Å². The Morgan fingerprint density at radius 3 is 2.72 bits per heavy atom. The predicted octanol–water partition coefficient (Wildman–Crippen LogP) is 3.51. The van der Waals surface area contributed by atoms with Crippen LogP contribution >= 0.6 is 0 Å². The van der Waals surface area contributed by atoms with Crippen molar-refractivity contribution in [3.8, 4) is 0 Å². The molecule has 3 nitrogen and oxygen atoms in total. The number of aromatic nitrogens is 1. The number of nitrogens with zero attached hydrogens (tertiary/aromatic N) is 1. The van der Waals surface area contributed by atoms with Crippen molar-refractivity contribution in [1.29, 1.82) is 0 Å². The zero-order valence-corrected chi connectivity index (χ0v) is 11.9. The maximum Gasteiger partial charge on any atom is 0.195 e. The molecule has 18 heavy (non-hydrogen) atoms. The molecule has 0 atom stereocenters. The SMILES string of the molecule is CC1CCC(c2cnc(CCNC(C)C)o2)CC1. The van der Waals surface area contributed by atoms with Gasteiger partial charge in [-0.3, -0.25) is 0 Å². The molecule has 102 valence electrons. The van der Waals surface area contributed by atoms with E-state index in [1.54, 1.807) is 0 Å². The molecule has 1 saturated carbocycles. The molecule has 0 bridgehead atoms. The molecule has 3 heteroatoms. The molecule has 0 spiro atoms. The van der Waals surface area contributed by atoms with Gasteiger partial charge in [0.15, 0.2) is 5.89 Å². The molecule has 0 aromatic carbocycles. The highest BCUT2D eigenvalue weighted by Crippen LogP contribution is 2.35. The third-order valence-electron chi connectivity index (χ3n) is 3.88. The van der Waals surface area contributed by atoms with E-state index in [0.717, 1.165) is 30.5 Å². The lowest BCUT2D eigenvalue weighted by Gasteiger charge is -2.24. The zero-order chi connectivity index (χ0) is 13.0.